The van der Waals surface area contributed by atoms with Gasteiger partial charge in [-0.05, 0) is 20.8 Å². The van der Waals surface area contributed by atoms with Gasteiger partial charge in [0, 0.05) is 14.1 Å². The van der Waals surface area contributed by atoms with Crippen molar-refractivity contribution in [2.45, 2.75) is 20.8 Å². The highest BCUT2D eigenvalue weighted by atomic mass is 31.2. The molecule has 0 N–H and O–H groups in total. The van der Waals surface area contributed by atoms with Gasteiger partial charge in [0.05, 0.1) is 13.2 Å². The molecule has 0 bridgehead atoms. The minimum absolute atomic E-state index is 0.321. The summed E-state index contributed by atoms with van der Waals surface area (Å²) in [5, 5.41) is 0. The molecule has 0 atom stereocenters. The quantitative estimate of drug-likeness (QED) is 0.406. The largest absolute Gasteiger partial charge is 0.455 e. The Labute approximate surface area is 85.7 Å². The lowest BCUT2D eigenvalue weighted by Gasteiger charge is -2.16. The van der Waals surface area contributed by atoms with Gasteiger partial charge in [-0.1, -0.05) is 0 Å². The first kappa shape index (κ1) is 13.6. The predicted molar refractivity (Wildman–Crippen MR) is 57.7 cm³/mol. The summed E-state index contributed by atoms with van der Waals surface area (Å²) < 4.78 is 25.8. The molecule has 0 amide bonds. The van der Waals surface area contributed by atoms with Gasteiger partial charge in [-0.25, -0.2) is 4.57 Å². The van der Waals surface area contributed by atoms with Gasteiger partial charge in [0.25, 0.3) is 0 Å². The molecule has 0 aromatic rings. The van der Waals surface area contributed by atoms with Crippen molar-refractivity contribution in [2.75, 3.05) is 27.3 Å². The molecule has 0 aromatic heterocycles. The van der Waals surface area contributed by atoms with E-state index in [9.17, 15) is 4.57 Å². The summed E-state index contributed by atoms with van der Waals surface area (Å²) in [6, 6.07) is 0. The van der Waals surface area contributed by atoms with Gasteiger partial charge in [-0.3, -0.25) is 9.05 Å². The van der Waals surface area contributed by atoms with Gasteiger partial charge in [0.2, 0.25) is 0 Å². The van der Waals surface area contributed by atoms with Crippen LogP contribution in [-0.4, -0.2) is 38.0 Å². The van der Waals surface area contributed by atoms with Gasteiger partial charge in [-0.15, -0.1) is 0 Å². The molecule has 0 fully saturated rings. The third kappa shape index (κ3) is 4.74. The average molecular weight is 222 g/mol. The first-order valence-corrected chi connectivity index (χ1v) is 6.08. The second-order valence-electron chi connectivity index (χ2n) is 2.85. The highest BCUT2D eigenvalue weighted by Gasteiger charge is 2.22. The third-order valence-corrected chi connectivity index (χ3v) is 3.20. The van der Waals surface area contributed by atoms with Crippen LogP contribution in [0.1, 0.15) is 20.8 Å². The Morgan fingerprint density at radius 1 is 1.29 bits per heavy atom. The molecule has 0 aliphatic carbocycles. The molecule has 0 saturated heterocycles. The predicted octanol–water partition coefficient (Wildman–Crippen LogP) is 2.15. The number of hydrogen-bond donors (Lipinski definition) is 0. The summed E-state index contributed by atoms with van der Waals surface area (Å²) in [5.74, 6) is 0.621. The molecule has 14 heavy (non-hydrogen) atoms. The SMILES string of the molecule is CCOP(=O)(N=C(C)N(C)C)OCC. The van der Waals surface area contributed by atoms with Crippen molar-refractivity contribution >= 4 is 13.6 Å². The van der Waals surface area contributed by atoms with Crippen molar-refractivity contribution in [3.63, 3.8) is 0 Å². The lowest BCUT2D eigenvalue weighted by molar-refractivity contribution is 0.221. The molecule has 6 heteroatoms. The molecule has 0 aliphatic rings. The molecule has 0 spiro atoms. The summed E-state index contributed by atoms with van der Waals surface area (Å²) in [4.78, 5) is 1.75. The maximum absolute atomic E-state index is 11.9. The topological polar surface area (TPSA) is 51.1 Å². The van der Waals surface area contributed by atoms with Crippen LogP contribution in [0.15, 0.2) is 4.76 Å². The van der Waals surface area contributed by atoms with Crippen LogP contribution in [0.4, 0.5) is 0 Å². The Bertz CT molecular complexity index is 231. The van der Waals surface area contributed by atoms with Crippen LogP contribution in [-0.2, 0) is 13.6 Å². The second-order valence-corrected chi connectivity index (χ2v) is 4.50. The summed E-state index contributed by atoms with van der Waals surface area (Å²) in [5.41, 5.74) is 0. The zero-order chi connectivity index (χ0) is 11.2. The summed E-state index contributed by atoms with van der Waals surface area (Å²) in [6.07, 6.45) is 0. The van der Waals surface area contributed by atoms with E-state index >= 15 is 0 Å². The summed E-state index contributed by atoms with van der Waals surface area (Å²) >= 11 is 0. The molecular weight excluding hydrogens is 203 g/mol. The zero-order valence-electron chi connectivity index (χ0n) is 9.48. The Hall–Kier alpha value is -0.380. The first-order chi connectivity index (χ1) is 6.45. The van der Waals surface area contributed by atoms with Gasteiger partial charge in [0.1, 0.15) is 5.84 Å². The van der Waals surface area contributed by atoms with Crippen molar-refractivity contribution in [1.82, 2.24) is 4.90 Å². The van der Waals surface area contributed by atoms with E-state index in [1.807, 2.05) is 14.1 Å². The van der Waals surface area contributed by atoms with Gasteiger partial charge in [0.15, 0.2) is 0 Å². The van der Waals surface area contributed by atoms with Crippen LogP contribution in [0.3, 0.4) is 0 Å². The van der Waals surface area contributed by atoms with Crippen LogP contribution in [0, 0.1) is 0 Å². The zero-order valence-corrected chi connectivity index (χ0v) is 10.4. The first-order valence-electron chi connectivity index (χ1n) is 4.58. The van der Waals surface area contributed by atoms with E-state index in [1.165, 1.54) is 0 Å². The monoisotopic (exact) mass is 222 g/mol. The van der Waals surface area contributed by atoms with Crippen molar-refractivity contribution in [1.29, 1.82) is 0 Å². The molecule has 0 saturated carbocycles. The molecule has 0 heterocycles. The second kappa shape index (κ2) is 6.17. The number of amidine groups is 1. The molecule has 0 aromatic carbocycles. The van der Waals surface area contributed by atoms with Crippen molar-refractivity contribution in [3.05, 3.63) is 0 Å². The summed E-state index contributed by atoms with van der Waals surface area (Å²) in [7, 11) is 0.358. The fourth-order valence-corrected chi connectivity index (χ4v) is 2.06. The highest BCUT2D eigenvalue weighted by molar-refractivity contribution is 7.52. The minimum atomic E-state index is -3.28. The Kier molecular flexibility index (Phi) is 6.00. The van der Waals surface area contributed by atoms with Crippen LogP contribution in [0.2, 0.25) is 0 Å². The van der Waals surface area contributed by atoms with Crippen molar-refractivity contribution in [3.8, 4) is 0 Å². The smallest absolute Gasteiger partial charge is 0.366 e. The van der Waals surface area contributed by atoms with Gasteiger partial charge in [-0.2, -0.15) is 4.76 Å². The maximum Gasteiger partial charge on any atom is 0.455 e. The normalized spacial score (nSPS) is 13.1. The molecule has 5 nitrogen and oxygen atoms in total. The molecular formula is C8H19N2O3P. The Balaban J connectivity index is 4.66. The summed E-state index contributed by atoms with van der Waals surface area (Å²) in [6.45, 7) is 5.91. The van der Waals surface area contributed by atoms with Gasteiger partial charge >= 0.3 is 7.75 Å². The van der Waals surface area contributed by atoms with Crippen molar-refractivity contribution in [2.24, 2.45) is 4.76 Å². The van der Waals surface area contributed by atoms with Crippen molar-refractivity contribution < 1.29 is 13.6 Å². The Morgan fingerprint density at radius 2 is 1.71 bits per heavy atom. The van der Waals surface area contributed by atoms with E-state index in [1.54, 1.807) is 25.7 Å². The van der Waals surface area contributed by atoms with Crippen LogP contribution in [0.5, 0.6) is 0 Å². The van der Waals surface area contributed by atoms with Gasteiger partial charge < -0.3 is 4.90 Å². The van der Waals surface area contributed by atoms with Crippen LogP contribution >= 0.6 is 7.75 Å². The minimum Gasteiger partial charge on any atom is -0.366 e. The number of rotatable bonds is 5. The molecule has 0 rings (SSSR count). The molecule has 0 aliphatic heterocycles. The fraction of sp³-hybridized carbons (Fsp3) is 0.875. The van der Waals surface area contributed by atoms with E-state index < -0.39 is 7.75 Å². The molecule has 0 radical (unpaired) electrons. The standard InChI is InChI=1S/C8H19N2O3P/c1-6-12-14(11,13-7-2)9-8(3)10(4)5/h6-7H2,1-5H3. The van der Waals surface area contributed by atoms with E-state index in [0.29, 0.717) is 19.0 Å². The number of hydrogen-bond acceptors (Lipinski definition) is 3. The number of nitrogens with zero attached hydrogens (tertiary/aromatic N) is 2. The third-order valence-electron chi connectivity index (χ3n) is 1.50. The fourth-order valence-electron chi connectivity index (χ4n) is 0.688. The lowest BCUT2D eigenvalue weighted by atomic mass is 10.6. The van der Waals surface area contributed by atoms with E-state index in [0.717, 1.165) is 0 Å². The molecule has 0 unspecified atom stereocenters. The van der Waals surface area contributed by atoms with E-state index in [2.05, 4.69) is 4.76 Å². The average Bonchev–Trinajstić information content (AvgIpc) is 2.04. The lowest BCUT2D eigenvalue weighted by Crippen LogP contribution is -2.18. The van der Waals surface area contributed by atoms with E-state index in [4.69, 9.17) is 9.05 Å². The van der Waals surface area contributed by atoms with Crippen LogP contribution in [0.25, 0.3) is 0 Å². The Morgan fingerprint density at radius 3 is 2.00 bits per heavy atom. The highest BCUT2D eigenvalue weighted by Crippen LogP contribution is 2.49. The molecule has 84 valence electrons. The van der Waals surface area contributed by atoms with Crippen LogP contribution < -0.4 is 0 Å². The maximum atomic E-state index is 11.9. The van der Waals surface area contributed by atoms with E-state index in [-0.39, 0.29) is 0 Å².